The van der Waals surface area contributed by atoms with E-state index in [9.17, 15) is 8.78 Å². The van der Waals surface area contributed by atoms with Crippen LogP contribution in [0.25, 0.3) is 10.1 Å². The van der Waals surface area contributed by atoms with E-state index in [0.29, 0.717) is 9.86 Å². The van der Waals surface area contributed by atoms with Crippen molar-refractivity contribution in [3.05, 3.63) is 32.6 Å². The van der Waals surface area contributed by atoms with Gasteiger partial charge in [0.05, 0.1) is 5.02 Å². The van der Waals surface area contributed by atoms with E-state index in [1.165, 1.54) is 17.4 Å². The SMILES string of the molecule is FC(F)c1cc(Br)c2sccc2c1Cl. The summed E-state index contributed by atoms with van der Waals surface area (Å²) in [5.41, 5.74) is -0.121. The van der Waals surface area contributed by atoms with E-state index in [0.717, 1.165) is 4.70 Å². The smallest absolute Gasteiger partial charge is 0.205 e. The second-order valence-electron chi connectivity index (χ2n) is 2.73. The number of fused-ring (bicyclic) bond motifs is 1. The Kier molecular flexibility index (Phi) is 2.77. The van der Waals surface area contributed by atoms with Gasteiger partial charge in [0, 0.05) is 20.1 Å². The molecule has 0 N–H and O–H groups in total. The zero-order valence-electron chi connectivity index (χ0n) is 6.73. The van der Waals surface area contributed by atoms with E-state index in [1.54, 1.807) is 6.07 Å². The highest BCUT2D eigenvalue weighted by Gasteiger charge is 2.16. The van der Waals surface area contributed by atoms with E-state index in [4.69, 9.17) is 11.6 Å². The normalized spacial score (nSPS) is 11.5. The standard InChI is InChI=1S/C9H4BrClF2S/c10-6-3-5(9(12)13)7(11)4-1-2-14-8(4)6/h1-3,9H. The number of alkyl halides is 2. The van der Waals surface area contributed by atoms with Crippen LogP contribution in [0.2, 0.25) is 5.02 Å². The Hall–Kier alpha value is -0.190. The lowest BCUT2D eigenvalue weighted by Gasteiger charge is -2.05. The summed E-state index contributed by atoms with van der Waals surface area (Å²) in [5, 5.41) is 2.66. The zero-order valence-corrected chi connectivity index (χ0v) is 9.89. The fourth-order valence-corrected chi connectivity index (χ4v) is 3.15. The van der Waals surface area contributed by atoms with Crippen LogP contribution in [0.15, 0.2) is 22.0 Å². The number of rotatable bonds is 1. The molecular formula is C9H4BrClF2S. The molecule has 0 aliphatic rings. The highest BCUT2D eigenvalue weighted by Crippen LogP contribution is 2.40. The van der Waals surface area contributed by atoms with E-state index < -0.39 is 6.43 Å². The van der Waals surface area contributed by atoms with E-state index >= 15 is 0 Å². The Labute approximate surface area is 96.6 Å². The third-order valence-electron chi connectivity index (χ3n) is 1.89. The van der Waals surface area contributed by atoms with Crippen LogP contribution in [0.3, 0.4) is 0 Å². The van der Waals surface area contributed by atoms with Crippen molar-refractivity contribution < 1.29 is 8.78 Å². The molecule has 2 aromatic rings. The predicted molar refractivity (Wildman–Crippen MR) is 59.5 cm³/mol. The van der Waals surface area contributed by atoms with Crippen LogP contribution >= 0.6 is 38.9 Å². The second kappa shape index (κ2) is 3.76. The van der Waals surface area contributed by atoms with Crippen LogP contribution in [0.1, 0.15) is 12.0 Å². The minimum absolute atomic E-state index is 0.121. The monoisotopic (exact) mass is 296 g/mol. The molecule has 0 aliphatic carbocycles. The average molecular weight is 298 g/mol. The van der Waals surface area contributed by atoms with Gasteiger partial charge < -0.3 is 0 Å². The molecule has 14 heavy (non-hydrogen) atoms. The third kappa shape index (κ3) is 1.55. The molecule has 1 aromatic carbocycles. The number of halogens is 4. The highest BCUT2D eigenvalue weighted by molar-refractivity contribution is 9.10. The van der Waals surface area contributed by atoms with E-state index in [1.807, 2.05) is 5.38 Å². The van der Waals surface area contributed by atoms with Gasteiger partial charge in [-0.3, -0.25) is 0 Å². The summed E-state index contributed by atoms with van der Waals surface area (Å²) in [6.45, 7) is 0. The Bertz CT molecular complexity index is 481. The molecule has 1 heterocycles. The lowest BCUT2D eigenvalue weighted by atomic mass is 10.2. The molecule has 0 aliphatic heterocycles. The van der Waals surface area contributed by atoms with Crippen molar-refractivity contribution >= 4 is 49.0 Å². The predicted octanol–water partition coefficient (Wildman–Crippen LogP) is 5.25. The molecule has 0 unspecified atom stereocenters. The van der Waals surface area contributed by atoms with Crippen molar-refractivity contribution in [1.29, 1.82) is 0 Å². The van der Waals surface area contributed by atoms with Crippen LogP contribution < -0.4 is 0 Å². The van der Waals surface area contributed by atoms with Crippen LogP contribution in [0.5, 0.6) is 0 Å². The molecule has 0 radical (unpaired) electrons. The number of hydrogen-bond donors (Lipinski definition) is 0. The lowest BCUT2D eigenvalue weighted by Crippen LogP contribution is -1.86. The Balaban J connectivity index is 2.82. The molecule has 0 atom stereocenters. The summed E-state index contributed by atoms with van der Waals surface area (Å²) in [7, 11) is 0. The van der Waals surface area contributed by atoms with E-state index in [2.05, 4.69) is 15.9 Å². The summed E-state index contributed by atoms with van der Waals surface area (Å²) < 4.78 is 26.7. The number of benzene rings is 1. The Morgan fingerprint density at radius 2 is 2.14 bits per heavy atom. The van der Waals surface area contributed by atoms with Crippen molar-refractivity contribution in [2.24, 2.45) is 0 Å². The largest absolute Gasteiger partial charge is 0.265 e. The van der Waals surface area contributed by atoms with Gasteiger partial charge in [0.25, 0.3) is 6.43 Å². The fourth-order valence-electron chi connectivity index (χ4n) is 1.25. The summed E-state index contributed by atoms with van der Waals surface area (Å²) >= 11 is 10.6. The van der Waals surface area contributed by atoms with Crippen LogP contribution in [0, 0.1) is 0 Å². The van der Waals surface area contributed by atoms with Crippen molar-refractivity contribution in [3.8, 4) is 0 Å². The zero-order chi connectivity index (χ0) is 10.3. The van der Waals surface area contributed by atoms with Crippen molar-refractivity contribution in [3.63, 3.8) is 0 Å². The van der Waals surface area contributed by atoms with Crippen molar-refractivity contribution in [1.82, 2.24) is 0 Å². The molecule has 0 bridgehead atoms. The molecule has 0 saturated carbocycles. The number of hydrogen-bond acceptors (Lipinski definition) is 1. The summed E-state index contributed by atoms with van der Waals surface area (Å²) in [5.74, 6) is 0. The average Bonchev–Trinajstić information content (AvgIpc) is 2.59. The molecule has 2 rings (SSSR count). The maximum Gasteiger partial charge on any atom is 0.265 e. The summed E-state index contributed by atoms with van der Waals surface area (Å²) in [4.78, 5) is 0. The molecule has 0 nitrogen and oxygen atoms in total. The highest BCUT2D eigenvalue weighted by atomic mass is 79.9. The van der Waals surface area contributed by atoms with Crippen molar-refractivity contribution in [2.45, 2.75) is 6.43 Å². The lowest BCUT2D eigenvalue weighted by molar-refractivity contribution is 0.151. The maximum absolute atomic E-state index is 12.5. The molecule has 0 spiro atoms. The van der Waals surface area contributed by atoms with Crippen LogP contribution in [-0.4, -0.2) is 0 Å². The van der Waals surface area contributed by atoms with Gasteiger partial charge in [0.1, 0.15) is 0 Å². The fraction of sp³-hybridized carbons (Fsp3) is 0.111. The first kappa shape index (κ1) is 10.3. The van der Waals surface area contributed by atoms with E-state index in [-0.39, 0.29) is 10.6 Å². The Morgan fingerprint density at radius 3 is 2.79 bits per heavy atom. The molecular weight excluding hydrogens is 294 g/mol. The molecule has 0 amide bonds. The van der Waals surface area contributed by atoms with Gasteiger partial charge in [0.2, 0.25) is 0 Å². The number of thiophene rings is 1. The minimum Gasteiger partial charge on any atom is -0.205 e. The third-order valence-corrected chi connectivity index (χ3v) is 4.15. The molecule has 0 fully saturated rings. The van der Waals surface area contributed by atoms with Gasteiger partial charge in [-0.05, 0) is 33.4 Å². The topological polar surface area (TPSA) is 0 Å². The quantitative estimate of drug-likeness (QED) is 0.674. The molecule has 0 saturated heterocycles. The Morgan fingerprint density at radius 1 is 1.43 bits per heavy atom. The maximum atomic E-state index is 12.5. The molecule has 5 heteroatoms. The van der Waals surface area contributed by atoms with Gasteiger partial charge in [-0.15, -0.1) is 11.3 Å². The summed E-state index contributed by atoms with van der Waals surface area (Å²) in [6, 6.07) is 3.13. The molecule has 74 valence electrons. The van der Waals surface area contributed by atoms with Crippen LogP contribution in [-0.2, 0) is 0 Å². The first-order valence-electron chi connectivity index (χ1n) is 3.74. The first-order chi connectivity index (χ1) is 6.61. The van der Waals surface area contributed by atoms with Gasteiger partial charge in [-0.25, -0.2) is 8.78 Å². The second-order valence-corrected chi connectivity index (χ2v) is 4.87. The van der Waals surface area contributed by atoms with Crippen molar-refractivity contribution in [2.75, 3.05) is 0 Å². The van der Waals surface area contributed by atoms with Gasteiger partial charge in [-0.1, -0.05) is 11.6 Å². The molecule has 1 aromatic heterocycles. The van der Waals surface area contributed by atoms with Gasteiger partial charge in [-0.2, -0.15) is 0 Å². The minimum atomic E-state index is -2.54. The van der Waals surface area contributed by atoms with Gasteiger partial charge in [0.15, 0.2) is 0 Å². The first-order valence-corrected chi connectivity index (χ1v) is 5.79. The summed E-state index contributed by atoms with van der Waals surface area (Å²) in [6.07, 6.45) is -2.54. The van der Waals surface area contributed by atoms with Gasteiger partial charge >= 0.3 is 0 Å². The van der Waals surface area contributed by atoms with Crippen LogP contribution in [0.4, 0.5) is 8.78 Å².